The molecule has 112 valence electrons. The van der Waals surface area contributed by atoms with Gasteiger partial charge in [0.25, 0.3) is 0 Å². The molecule has 0 bridgehead atoms. The van der Waals surface area contributed by atoms with Crippen molar-refractivity contribution in [1.82, 2.24) is 5.32 Å². The zero-order valence-corrected chi connectivity index (χ0v) is 13.7. The number of halogens is 1. The Labute approximate surface area is 129 Å². The van der Waals surface area contributed by atoms with E-state index in [0.29, 0.717) is 12.5 Å². The van der Waals surface area contributed by atoms with E-state index >= 15 is 0 Å². The van der Waals surface area contributed by atoms with Crippen molar-refractivity contribution in [2.75, 3.05) is 13.7 Å². The Kier molecular flexibility index (Phi) is 6.33. The monoisotopic (exact) mass is 341 g/mol. The van der Waals surface area contributed by atoms with Gasteiger partial charge in [-0.05, 0) is 41.4 Å². The van der Waals surface area contributed by atoms with Gasteiger partial charge in [0.2, 0.25) is 0 Å². The fourth-order valence-electron chi connectivity index (χ4n) is 2.92. The smallest absolute Gasteiger partial charge is 0.138 e. The predicted octanol–water partition coefficient (Wildman–Crippen LogP) is 3.49. The lowest BCUT2D eigenvalue weighted by Crippen LogP contribution is -2.21. The number of ether oxygens (including phenoxy) is 1. The van der Waals surface area contributed by atoms with Crippen molar-refractivity contribution in [2.24, 2.45) is 5.92 Å². The summed E-state index contributed by atoms with van der Waals surface area (Å²) in [6.07, 6.45) is 5.65. The fraction of sp³-hybridized carbons (Fsp3) is 0.625. The van der Waals surface area contributed by atoms with Crippen molar-refractivity contribution < 1.29 is 9.84 Å². The van der Waals surface area contributed by atoms with E-state index in [0.717, 1.165) is 28.8 Å². The van der Waals surface area contributed by atoms with Crippen LogP contribution in [0.25, 0.3) is 0 Å². The topological polar surface area (TPSA) is 41.5 Å². The van der Waals surface area contributed by atoms with Crippen LogP contribution in [0.15, 0.2) is 22.7 Å². The summed E-state index contributed by atoms with van der Waals surface area (Å²) in [5, 5.41) is 13.3. The van der Waals surface area contributed by atoms with E-state index in [1.54, 1.807) is 0 Å². The van der Waals surface area contributed by atoms with Crippen LogP contribution in [0.4, 0.5) is 0 Å². The maximum Gasteiger partial charge on any atom is 0.138 e. The molecule has 3 nitrogen and oxygen atoms in total. The Morgan fingerprint density at radius 3 is 2.85 bits per heavy atom. The van der Waals surface area contributed by atoms with Crippen molar-refractivity contribution >= 4 is 15.9 Å². The molecule has 1 aromatic carbocycles. The van der Waals surface area contributed by atoms with Gasteiger partial charge in [0.05, 0.1) is 10.6 Å². The number of aliphatic hydroxyl groups is 1. The summed E-state index contributed by atoms with van der Waals surface area (Å²) in [7, 11) is 1.92. The van der Waals surface area contributed by atoms with Crippen LogP contribution < -0.4 is 10.1 Å². The lowest BCUT2D eigenvalue weighted by Gasteiger charge is -2.18. The zero-order valence-electron chi connectivity index (χ0n) is 12.1. The molecule has 2 N–H and O–H groups in total. The minimum absolute atomic E-state index is 0.368. The summed E-state index contributed by atoms with van der Waals surface area (Å²) in [6, 6.07) is 6.01. The lowest BCUT2D eigenvalue weighted by molar-refractivity contribution is 0.0847. The molecular weight excluding hydrogens is 318 g/mol. The normalized spacial score (nSPS) is 17.4. The second-order valence-corrected chi connectivity index (χ2v) is 6.46. The Bertz CT molecular complexity index is 419. The van der Waals surface area contributed by atoms with Crippen molar-refractivity contribution in [1.29, 1.82) is 0 Å². The highest BCUT2D eigenvalue weighted by molar-refractivity contribution is 9.10. The summed E-state index contributed by atoms with van der Waals surface area (Å²) in [5.74, 6) is 1.52. The number of para-hydroxylation sites is 1. The first kappa shape index (κ1) is 15.8. The van der Waals surface area contributed by atoms with Gasteiger partial charge in [-0.2, -0.15) is 0 Å². The largest absolute Gasteiger partial charge is 0.489 e. The third kappa shape index (κ3) is 4.47. The van der Waals surface area contributed by atoms with Crippen LogP contribution in [0.5, 0.6) is 5.75 Å². The van der Waals surface area contributed by atoms with E-state index in [9.17, 15) is 5.11 Å². The van der Waals surface area contributed by atoms with Crippen molar-refractivity contribution in [3.8, 4) is 5.75 Å². The molecule has 0 radical (unpaired) electrons. The quantitative estimate of drug-likeness (QED) is 0.797. The molecule has 0 aromatic heterocycles. The fourth-order valence-corrected chi connectivity index (χ4v) is 3.44. The highest BCUT2D eigenvalue weighted by atomic mass is 79.9. The minimum atomic E-state index is -0.368. The number of nitrogens with one attached hydrogen (secondary N) is 1. The molecule has 4 heteroatoms. The van der Waals surface area contributed by atoms with Gasteiger partial charge in [0, 0.05) is 12.1 Å². The van der Waals surface area contributed by atoms with Gasteiger partial charge < -0.3 is 15.2 Å². The van der Waals surface area contributed by atoms with Gasteiger partial charge in [-0.25, -0.2) is 0 Å². The van der Waals surface area contributed by atoms with Gasteiger partial charge in [0.15, 0.2) is 0 Å². The van der Waals surface area contributed by atoms with Crippen LogP contribution in [0, 0.1) is 5.92 Å². The molecule has 1 fully saturated rings. The van der Waals surface area contributed by atoms with E-state index in [2.05, 4.69) is 21.2 Å². The maximum absolute atomic E-state index is 10.1. The number of rotatable bonds is 7. The van der Waals surface area contributed by atoms with Crippen LogP contribution in [0.2, 0.25) is 0 Å². The molecule has 1 aromatic rings. The third-order valence-electron chi connectivity index (χ3n) is 3.92. The Morgan fingerprint density at radius 2 is 2.15 bits per heavy atom. The van der Waals surface area contributed by atoms with E-state index in [-0.39, 0.29) is 6.10 Å². The van der Waals surface area contributed by atoms with Crippen LogP contribution in [-0.4, -0.2) is 24.9 Å². The van der Waals surface area contributed by atoms with Gasteiger partial charge in [0.1, 0.15) is 12.4 Å². The second-order valence-electron chi connectivity index (χ2n) is 5.61. The summed E-state index contributed by atoms with van der Waals surface area (Å²) >= 11 is 3.52. The standard InChI is InChI=1S/C16H24BrNO2/c1-18-10-13-7-4-8-15(17)16(13)20-11-14(19)9-12-5-2-3-6-12/h4,7-8,12,14,18-19H,2-3,5-6,9-11H2,1H3. The van der Waals surface area contributed by atoms with E-state index in [4.69, 9.17) is 4.74 Å². The average molecular weight is 342 g/mol. The highest BCUT2D eigenvalue weighted by Gasteiger charge is 2.19. The average Bonchev–Trinajstić information content (AvgIpc) is 2.91. The highest BCUT2D eigenvalue weighted by Crippen LogP contribution is 2.31. The first-order valence-electron chi connectivity index (χ1n) is 7.43. The van der Waals surface area contributed by atoms with Gasteiger partial charge in [-0.3, -0.25) is 0 Å². The van der Waals surface area contributed by atoms with Gasteiger partial charge in [-0.15, -0.1) is 0 Å². The molecule has 1 atom stereocenters. The molecule has 0 spiro atoms. The van der Waals surface area contributed by atoms with E-state index < -0.39 is 0 Å². The number of hydrogen-bond acceptors (Lipinski definition) is 3. The molecule has 2 rings (SSSR count). The third-order valence-corrected chi connectivity index (χ3v) is 4.54. The summed E-state index contributed by atoms with van der Waals surface area (Å²) in [5.41, 5.74) is 1.11. The Morgan fingerprint density at radius 1 is 1.40 bits per heavy atom. The van der Waals surface area contributed by atoms with E-state index in [1.165, 1.54) is 25.7 Å². The van der Waals surface area contributed by atoms with Crippen molar-refractivity contribution in [2.45, 2.75) is 44.8 Å². The maximum atomic E-state index is 10.1. The zero-order chi connectivity index (χ0) is 14.4. The first-order valence-corrected chi connectivity index (χ1v) is 8.23. The molecule has 20 heavy (non-hydrogen) atoms. The van der Waals surface area contributed by atoms with Gasteiger partial charge >= 0.3 is 0 Å². The summed E-state index contributed by atoms with van der Waals surface area (Å²) in [4.78, 5) is 0. The molecule has 1 saturated carbocycles. The molecule has 0 aliphatic heterocycles. The SMILES string of the molecule is CNCc1cccc(Br)c1OCC(O)CC1CCCC1. The van der Waals surface area contributed by atoms with Crippen molar-refractivity contribution in [3.05, 3.63) is 28.2 Å². The Balaban J connectivity index is 1.89. The van der Waals surface area contributed by atoms with Gasteiger partial charge in [-0.1, -0.05) is 37.8 Å². The summed E-state index contributed by atoms with van der Waals surface area (Å²) in [6.45, 7) is 1.13. The molecule has 1 aliphatic carbocycles. The number of benzene rings is 1. The molecule has 0 saturated heterocycles. The first-order chi connectivity index (χ1) is 9.70. The van der Waals surface area contributed by atoms with Crippen LogP contribution in [0.1, 0.15) is 37.7 Å². The molecular formula is C16H24BrNO2. The second kappa shape index (κ2) is 8.01. The summed E-state index contributed by atoms with van der Waals surface area (Å²) < 4.78 is 6.80. The molecule has 0 amide bonds. The van der Waals surface area contributed by atoms with Crippen LogP contribution >= 0.6 is 15.9 Å². The van der Waals surface area contributed by atoms with Crippen LogP contribution in [-0.2, 0) is 6.54 Å². The number of hydrogen-bond donors (Lipinski definition) is 2. The van der Waals surface area contributed by atoms with Crippen molar-refractivity contribution in [3.63, 3.8) is 0 Å². The molecule has 1 unspecified atom stereocenters. The lowest BCUT2D eigenvalue weighted by atomic mass is 10.0. The number of aliphatic hydroxyl groups excluding tert-OH is 1. The van der Waals surface area contributed by atoms with Crippen LogP contribution in [0.3, 0.4) is 0 Å². The molecule has 0 heterocycles. The molecule has 1 aliphatic rings. The predicted molar refractivity (Wildman–Crippen MR) is 85.0 cm³/mol. The minimum Gasteiger partial charge on any atom is -0.489 e. The Hall–Kier alpha value is -0.580. The van der Waals surface area contributed by atoms with E-state index in [1.807, 2.05) is 25.2 Å².